The summed E-state index contributed by atoms with van der Waals surface area (Å²) in [5, 5.41) is 14.5. The van der Waals surface area contributed by atoms with Crippen molar-refractivity contribution in [1.82, 2.24) is 0 Å². The van der Waals surface area contributed by atoms with Crippen molar-refractivity contribution in [3.8, 4) is 0 Å². The van der Waals surface area contributed by atoms with Gasteiger partial charge in [-0.2, -0.15) is 18.6 Å². The van der Waals surface area contributed by atoms with Crippen LogP contribution < -0.4 is 22.9 Å². The fourth-order valence-corrected chi connectivity index (χ4v) is 0.707. The third-order valence-electron chi connectivity index (χ3n) is 1.35. The van der Waals surface area contributed by atoms with Gasteiger partial charge in [0.2, 0.25) is 11.9 Å². The number of rotatable bonds is 4. The molecular formula is C7H18N8O4S. The minimum Gasteiger partial charge on any atom is -0.369 e. The summed E-state index contributed by atoms with van der Waals surface area (Å²) in [6.45, 7) is 3.59. The summed E-state index contributed by atoms with van der Waals surface area (Å²) in [6.07, 6.45) is 0.617. The first-order chi connectivity index (χ1) is 8.97. The van der Waals surface area contributed by atoms with Crippen molar-refractivity contribution in [3.63, 3.8) is 0 Å². The second-order valence-electron chi connectivity index (χ2n) is 3.08. The largest absolute Gasteiger partial charge is 0.394 e. The van der Waals surface area contributed by atoms with Crippen LogP contribution in [0, 0.1) is 0 Å². The number of hydrogen-bond acceptors (Lipinski definition) is 6. The lowest BCUT2D eigenvalue weighted by Gasteiger charge is -1.98. The maximum Gasteiger partial charge on any atom is 0.394 e. The van der Waals surface area contributed by atoms with E-state index in [9.17, 15) is 0 Å². The molecule has 0 heterocycles. The lowest BCUT2D eigenvalue weighted by Crippen LogP contribution is -2.23. The molecule has 0 unspecified atom stereocenters. The molecule has 0 aliphatic heterocycles. The van der Waals surface area contributed by atoms with Crippen LogP contribution in [0.5, 0.6) is 0 Å². The number of guanidine groups is 2. The third-order valence-corrected chi connectivity index (χ3v) is 1.35. The third kappa shape index (κ3) is 18.1. The van der Waals surface area contributed by atoms with Crippen LogP contribution in [0.3, 0.4) is 0 Å². The Morgan fingerprint density at radius 3 is 1.60 bits per heavy atom. The van der Waals surface area contributed by atoms with E-state index in [-0.39, 0.29) is 11.9 Å². The summed E-state index contributed by atoms with van der Waals surface area (Å²) < 4.78 is 31.6. The predicted octanol–water partition coefficient (Wildman–Crippen LogP) is -1.98. The molecule has 0 rings (SSSR count). The van der Waals surface area contributed by atoms with Gasteiger partial charge in [-0.3, -0.25) is 9.11 Å². The normalized spacial score (nSPS) is 12.0. The van der Waals surface area contributed by atoms with Crippen molar-refractivity contribution in [2.24, 2.45) is 43.3 Å². The molecule has 0 amide bonds. The number of nitrogens with zero attached hydrogens (tertiary/aromatic N) is 4. The van der Waals surface area contributed by atoms with E-state index < -0.39 is 10.4 Å². The van der Waals surface area contributed by atoms with E-state index in [4.69, 9.17) is 40.5 Å². The van der Waals surface area contributed by atoms with Crippen LogP contribution in [0.15, 0.2) is 20.4 Å². The second-order valence-corrected chi connectivity index (χ2v) is 3.98. The van der Waals surface area contributed by atoms with Gasteiger partial charge in [0.15, 0.2) is 0 Å². The fraction of sp³-hybridized carbons (Fsp3) is 0.429. The molecule has 12 nitrogen and oxygen atoms in total. The standard InChI is InChI=1S/C7H16N8.H2O4S/c1-3-5(13-15-7(10)11)4(2)12-14-6(8)9;1-5(2,3)4/h3H2,1-2H3,(H4,8,9,14)(H4,10,11,15);(H2,1,2,3,4)/b12-4+,13-5+;. The molecule has 0 spiro atoms. The van der Waals surface area contributed by atoms with Crippen molar-refractivity contribution in [3.05, 3.63) is 0 Å². The average Bonchev–Trinajstić information content (AvgIpc) is 2.24. The van der Waals surface area contributed by atoms with Crippen LogP contribution in [0.1, 0.15) is 20.3 Å². The lowest BCUT2D eigenvalue weighted by molar-refractivity contribution is 0.381. The molecule has 0 aliphatic carbocycles. The van der Waals surface area contributed by atoms with E-state index in [0.717, 1.165) is 0 Å². The molecule has 0 radical (unpaired) electrons. The smallest absolute Gasteiger partial charge is 0.369 e. The van der Waals surface area contributed by atoms with Gasteiger partial charge in [-0.1, -0.05) is 6.92 Å². The monoisotopic (exact) mass is 310 g/mol. The van der Waals surface area contributed by atoms with Crippen molar-refractivity contribution >= 4 is 33.7 Å². The van der Waals surface area contributed by atoms with Gasteiger partial charge in [-0.05, 0) is 13.3 Å². The molecular weight excluding hydrogens is 292 g/mol. The summed E-state index contributed by atoms with van der Waals surface area (Å²) >= 11 is 0. The minimum absolute atomic E-state index is 0.115. The molecule has 13 heteroatoms. The molecule has 10 N–H and O–H groups in total. The van der Waals surface area contributed by atoms with Crippen molar-refractivity contribution in [2.45, 2.75) is 20.3 Å². The minimum atomic E-state index is -4.67. The van der Waals surface area contributed by atoms with E-state index in [1.54, 1.807) is 6.92 Å². The molecule has 0 fully saturated rings. The first kappa shape index (κ1) is 20.1. The Hall–Kier alpha value is -2.25. The zero-order valence-electron chi connectivity index (χ0n) is 10.9. The first-order valence-electron chi connectivity index (χ1n) is 4.96. The summed E-state index contributed by atoms with van der Waals surface area (Å²) in [4.78, 5) is 0. The Morgan fingerprint density at radius 1 is 0.950 bits per heavy atom. The molecule has 20 heavy (non-hydrogen) atoms. The van der Waals surface area contributed by atoms with Crippen LogP contribution in [0.4, 0.5) is 0 Å². The van der Waals surface area contributed by atoms with Crippen molar-refractivity contribution in [2.75, 3.05) is 0 Å². The average molecular weight is 310 g/mol. The summed E-state index contributed by atoms with van der Waals surface area (Å²) in [6, 6.07) is 0. The van der Waals surface area contributed by atoms with Gasteiger partial charge in [-0.25, -0.2) is 0 Å². The number of nitrogens with two attached hydrogens (primary N) is 4. The molecule has 116 valence electrons. The maximum atomic E-state index is 8.74. The lowest BCUT2D eigenvalue weighted by atomic mass is 10.2. The summed E-state index contributed by atoms with van der Waals surface area (Å²) in [5.74, 6) is -0.234. The first-order valence-corrected chi connectivity index (χ1v) is 6.36. The Balaban J connectivity index is 0. The van der Waals surface area contributed by atoms with Gasteiger partial charge in [0.1, 0.15) is 0 Å². The van der Waals surface area contributed by atoms with Crippen LogP contribution >= 0.6 is 0 Å². The molecule has 0 atom stereocenters. The van der Waals surface area contributed by atoms with Gasteiger partial charge in [-0.15, -0.1) is 10.2 Å². The van der Waals surface area contributed by atoms with Gasteiger partial charge in [0, 0.05) is 0 Å². The topological polar surface area (TPSA) is 228 Å². The highest BCUT2D eigenvalue weighted by Gasteiger charge is 2.00. The molecule has 0 aromatic rings. The fourth-order valence-electron chi connectivity index (χ4n) is 0.707. The summed E-state index contributed by atoms with van der Waals surface area (Å²) in [7, 11) is -4.67. The van der Waals surface area contributed by atoms with E-state index in [2.05, 4.69) is 20.4 Å². The quantitative estimate of drug-likeness (QED) is 0.147. The molecule has 0 aromatic carbocycles. The van der Waals surface area contributed by atoms with E-state index >= 15 is 0 Å². The van der Waals surface area contributed by atoms with Crippen LogP contribution in [0.25, 0.3) is 0 Å². The van der Waals surface area contributed by atoms with E-state index in [0.29, 0.717) is 17.8 Å². The zero-order valence-corrected chi connectivity index (χ0v) is 11.7. The highest BCUT2D eigenvalue weighted by atomic mass is 32.3. The molecule has 0 bridgehead atoms. The molecule has 0 aliphatic rings. The van der Waals surface area contributed by atoms with Crippen molar-refractivity contribution in [1.29, 1.82) is 0 Å². The Kier molecular flexibility index (Phi) is 9.69. The highest BCUT2D eigenvalue weighted by Crippen LogP contribution is 1.92. The van der Waals surface area contributed by atoms with Gasteiger partial charge >= 0.3 is 10.4 Å². The van der Waals surface area contributed by atoms with Crippen LogP contribution in [-0.4, -0.2) is 40.9 Å². The highest BCUT2D eigenvalue weighted by molar-refractivity contribution is 7.79. The Bertz CT molecular complexity index is 505. The van der Waals surface area contributed by atoms with E-state index in [1.165, 1.54) is 0 Å². The van der Waals surface area contributed by atoms with Crippen molar-refractivity contribution < 1.29 is 17.5 Å². The molecule has 0 saturated carbocycles. The predicted molar refractivity (Wildman–Crippen MR) is 76.6 cm³/mol. The maximum absolute atomic E-state index is 8.74. The SMILES string of the molecule is CCC(=N\N=C(N)N)/C(C)=N/N=C(N)N.O=S(=O)(O)O. The van der Waals surface area contributed by atoms with Gasteiger partial charge < -0.3 is 22.9 Å². The van der Waals surface area contributed by atoms with Gasteiger partial charge in [0.05, 0.1) is 11.4 Å². The molecule has 0 aromatic heterocycles. The van der Waals surface area contributed by atoms with Crippen LogP contribution in [-0.2, 0) is 10.4 Å². The number of hydrogen-bond donors (Lipinski definition) is 6. The van der Waals surface area contributed by atoms with Crippen LogP contribution in [0.2, 0.25) is 0 Å². The second kappa shape index (κ2) is 9.65. The summed E-state index contributed by atoms with van der Waals surface area (Å²) in [5.41, 5.74) is 21.7. The molecule has 0 saturated heterocycles. The van der Waals surface area contributed by atoms with E-state index in [1.807, 2.05) is 6.92 Å². The zero-order chi connectivity index (χ0) is 16.3. The Morgan fingerprint density at radius 2 is 1.30 bits per heavy atom. The van der Waals surface area contributed by atoms with Gasteiger partial charge in [0.25, 0.3) is 0 Å². The Labute approximate surface area is 115 Å².